The summed E-state index contributed by atoms with van der Waals surface area (Å²) in [6, 6.07) is 6.60. The van der Waals surface area contributed by atoms with Gasteiger partial charge in [-0.15, -0.1) is 0 Å². The number of hydrogen-bond acceptors (Lipinski definition) is 0. The molecule has 0 amide bonds. The Bertz CT molecular complexity index is 443. The third-order valence-electron chi connectivity index (χ3n) is 2.33. The van der Waals surface area contributed by atoms with Crippen molar-refractivity contribution in [1.82, 2.24) is 4.98 Å². The number of halogens is 1. The molecule has 1 aromatic carbocycles. The zero-order valence-corrected chi connectivity index (χ0v) is 9.97. The van der Waals surface area contributed by atoms with Gasteiger partial charge in [-0.2, -0.15) is 0 Å². The molecule has 0 aliphatic carbocycles. The lowest BCUT2D eigenvalue weighted by Gasteiger charge is -2.01. The zero-order chi connectivity index (χ0) is 9.42. The van der Waals surface area contributed by atoms with Gasteiger partial charge in [0.25, 0.3) is 0 Å². The summed E-state index contributed by atoms with van der Waals surface area (Å²) in [6.45, 7) is 4.30. The smallest absolute Gasteiger partial charge is 0.0466 e. The third-order valence-corrected chi connectivity index (χ3v) is 3.61. The van der Waals surface area contributed by atoms with Gasteiger partial charge in [0.2, 0.25) is 0 Å². The molecule has 1 aromatic heterocycles. The van der Waals surface area contributed by atoms with E-state index >= 15 is 0 Å². The Morgan fingerprint density at radius 1 is 1.38 bits per heavy atom. The van der Waals surface area contributed by atoms with Crippen LogP contribution in [0.2, 0.25) is 0 Å². The Labute approximate surface area is 91.7 Å². The largest absolute Gasteiger partial charge is 0.359 e. The van der Waals surface area contributed by atoms with E-state index in [4.69, 9.17) is 0 Å². The summed E-state index contributed by atoms with van der Waals surface area (Å²) < 4.78 is 1.39. The van der Waals surface area contributed by atoms with Crippen LogP contribution in [0.3, 0.4) is 0 Å². The number of hydrogen-bond donors (Lipinski definition) is 1. The quantitative estimate of drug-likeness (QED) is 0.770. The van der Waals surface area contributed by atoms with Crippen LogP contribution < -0.4 is 0 Å². The molecule has 0 aliphatic rings. The van der Waals surface area contributed by atoms with Crippen LogP contribution in [0.1, 0.15) is 18.2 Å². The van der Waals surface area contributed by atoms with Crippen LogP contribution >= 0.6 is 22.6 Å². The molecule has 2 heteroatoms. The van der Waals surface area contributed by atoms with Crippen molar-refractivity contribution in [2.24, 2.45) is 0 Å². The van der Waals surface area contributed by atoms with E-state index in [1.807, 2.05) is 0 Å². The second kappa shape index (κ2) is 3.33. The van der Waals surface area contributed by atoms with Gasteiger partial charge in [-0.1, -0.05) is 13.0 Å². The first-order chi connectivity index (χ1) is 6.22. The van der Waals surface area contributed by atoms with Crippen LogP contribution in [-0.2, 0) is 6.42 Å². The van der Waals surface area contributed by atoms with Crippen molar-refractivity contribution < 1.29 is 0 Å². The first kappa shape index (κ1) is 9.06. The highest BCUT2D eigenvalue weighted by Gasteiger charge is 2.04. The van der Waals surface area contributed by atoms with E-state index < -0.39 is 0 Å². The molecule has 2 aromatic rings. The van der Waals surface area contributed by atoms with Crippen molar-refractivity contribution in [3.63, 3.8) is 0 Å². The predicted molar refractivity (Wildman–Crippen MR) is 65.1 cm³/mol. The maximum Gasteiger partial charge on any atom is 0.0466 e. The van der Waals surface area contributed by atoms with Crippen LogP contribution in [0.5, 0.6) is 0 Å². The van der Waals surface area contributed by atoms with Crippen molar-refractivity contribution in [1.29, 1.82) is 0 Å². The van der Waals surface area contributed by atoms with Gasteiger partial charge < -0.3 is 4.98 Å². The molecule has 1 nitrogen and oxygen atoms in total. The van der Waals surface area contributed by atoms with Gasteiger partial charge >= 0.3 is 0 Å². The SMILES string of the molecule is CCc1ccc2[nH]c(C)cc2c1I. The summed E-state index contributed by atoms with van der Waals surface area (Å²) >= 11 is 2.43. The second-order valence-corrected chi connectivity index (χ2v) is 4.38. The van der Waals surface area contributed by atoms with Crippen LogP contribution in [0.25, 0.3) is 10.9 Å². The van der Waals surface area contributed by atoms with Crippen molar-refractivity contribution in [3.05, 3.63) is 33.0 Å². The Hall–Kier alpha value is -0.510. The van der Waals surface area contributed by atoms with Gasteiger partial charge in [0, 0.05) is 20.2 Å². The molecule has 68 valence electrons. The monoisotopic (exact) mass is 285 g/mol. The summed E-state index contributed by atoms with van der Waals surface area (Å²) in [7, 11) is 0. The summed E-state index contributed by atoms with van der Waals surface area (Å²) in [6.07, 6.45) is 1.11. The van der Waals surface area contributed by atoms with Crippen LogP contribution in [0.4, 0.5) is 0 Å². The Morgan fingerprint density at radius 3 is 2.85 bits per heavy atom. The summed E-state index contributed by atoms with van der Waals surface area (Å²) in [5.74, 6) is 0. The fourth-order valence-electron chi connectivity index (χ4n) is 1.63. The summed E-state index contributed by atoms with van der Waals surface area (Å²) in [5, 5.41) is 1.36. The van der Waals surface area contributed by atoms with Gasteiger partial charge in [0.15, 0.2) is 0 Å². The molecule has 0 unspecified atom stereocenters. The molecular weight excluding hydrogens is 273 g/mol. The Morgan fingerprint density at radius 2 is 2.15 bits per heavy atom. The lowest BCUT2D eigenvalue weighted by molar-refractivity contribution is 1.13. The highest BCUT2D eigenvalue weighted by atomic mass is 127. The number of H-pyrrole nitrogens is 1. The molecule has 1 heterocycles. The first-order valence-electron chi connectivity index (χ1n) is 4.49. The lowest BCUT2D eigenvalue weighted by Crippen LogP contribution is -1.85. The molecule has 0 bridgehead atoms. The predicted octanol–water partition coefficient (Wildman–Crippen LogP) is 3.64. The number of fused-ring (bicyclic) bond motifs is 1. The molecule has 2 rings (SSSR count). The number of aromatic nitrogens is 1. The van der Waals surface area contributed by atoms with E-state index in [0.717, 1.165) is 6.42 Å². The normalized spacial score (nSPS) is 11.0. The Kier molecular flexibility index (Phi) is 2.32. The topological polar surface area (TPSA) is 15.8 Å². The standard InChI is InChI=1S/C11H12IN/c1-3-8-4-5-10-9(11(8)12)6-7(2)13-10/h4-6,13H,3H2,1-2H3. The van der Waals surface area contributed by atoms with Crippen LogP contribution in [0, 0.1) is 10.5 Å². The molecule has 0 saturated heterocycles. The van der Waals surface area contributed by atoms with Crippen molar-refractivity contribution in [3.8, 4) is 0 Å². The molecule has 0 spiro atoms. The van der Waals surface area contributed by atoms with E-state index in [2.05, 4.69) is 59.6 Å². The maximum absolute atomic E-state index is 3.35. The number of aryl methyl sites for hydroxylation is 2. The maximum atomic E-state index is 3.35. The van der Waals surface area contributed by atoms with E-state index in [-0.39, 0.29) is 0 Å². The van der Waals surface area contributed by atoms with Crippen molar-refractivity contribution in [2.75, 3.05) is 0 Å². The van der Waals surface area contributed by atoms with E-state index in [1.165, 1.54) is 25.7 Å². The fourth-order valence-corrected chi connectivity index (χ4v) is 2.63. The number of aromatic amines is 1. The van der Waals surface area contributed by atoms with E-state index in [0.29, 0.717) is 0 Å². The summed E-state index contributed by atoms with van der Waals surface area (Å²) in [5.41, 5.74) is 3.92. The van der Waals surface area contributed by atoms with Gasteiger partial charge in [-0.25, -0.2) is 0 Å². The molecule has 0 aliphatic heterocycles. The number of benzene rings is 1. The molecular formula is C11H12IN. The third kappa shape index (κ3) is 1.47. The van der Waals surface area contributed by atoms with Crippen molar-refractivity contribution in [2.45, 2.75) is 20.3 Å². The van der Waals surface area contributed by atoms with Gasteiger partial charge in [0.05, 0.1) is 0 Å². The summed E-state index contributed by atoms with van der Waals surface area (Å²) in [4.78, 5) is 3.35. The number of nitrogens with one attached hydrogen (secondary N) is 1. The molecule has 1 N–H and O–H groups in total. The fraction of sp³-hybridized carbons (Fsp3) is 0.273. The highest BCUT2D eigenvalue weighted by Crippen LogP contribution is 2.25. The molecule has 0 atom stereocenters. The minimum Gasteiger partial charge on any atom is -0.359 e. The van der Waals surface area contributed by atoms with Crippen molar-refractivity contribution >= 4 is 33.5 Å². The van der Waals surface area contributed by atoms with Gasteiger partial charge in [0.1, 0.15) is 0 Å². The molecule has 0 saturated carbocycles. The van der Waals surface area contributed by atoms with E-state index in [1.54, 1.807) is 0 Å². The van der Waals surface area contributed by atoms with Crippen LogP contribution in [-0.4, -0.2) is 4.98 Å². The molecule has 0 radical (unpaired) electrons. The molecule has 0 fully saturated rings. The lowest BCUT2D eigenvalue weighted by atomic mass is 10.1. The number of rotatable bonds is 1. The minimum absolute atomic E-state index is 1.11. The van der Waals surface area contributed by atoms with E-state index in [9.17, 15) is 0 Å². The highest BCUT2D eigenvalue weighted by molar-refractivity contribution is 14.1. The second-order valence-electron chi connectivity index (χ2n) is 3.31. The average Bonchev–Trinajstić information content (AvgIpc) is 2.47. The Balaban J connectivity index is 2.78. The zero-order valence-electron chi connectivity index (χ0n) is 7.82. The van der Waals surface area contributed by atoms with Crippen LogP contribution in [0.15, 0.2) is 18.2 Å². The first-order valence-corrected chi connectivity index (χ1v) is 5.57. The minimum atomic E-state index is 1.11. The van der Waals surface area contributed by atoms with Gasteiger partial charge in [-0.3, -0.25) is 0 Å². The van der Waals surface area contributed by atoms with Gasteiger partial charge in [-0.05, 0) is 53.6 Å². The molecule has 13 heavy (non-hydrogen) atoms. The average molecular weight is 285 g/mol.